The van der Waals surface area contributed by atoms with Crippen LogP contribution in [0.3, 0.4) is 0 Å². The van der Waals surface area contributed by atoms with Crippen molar-refractivity contribution in [2.45, 2.75) is 30.1 Å². The van der Waals surface area contributed by atoms with Crippen molar-refractivity contribution < 1.29 is 22.3 Å². The molecule has 34 heavy (non-hydrogen) atoms. The van der Waals surface area contributed by atoms with Gasteiger partial charge in [-0.2, -0.15) is 4.31 Å². The number of nitrogens with zero attached hydrogens (tertiary/aromatic N) is 4. The van der Waals surface area contributed by atoms with Crippen LogP contribution in [0.25, 0.3) is 11.0 Å². The van der Waals surface area contributed by atoms with Gasteiger partial charge in [-0.05, 0) is 42.8 Å². The number of sulfonamides is 1. The van der Waals surface area contributed by atoms with Crippen LogP contribution in [0.4, 0.5) is 4.39 Å². The van der Waals surface area contributed by atoms with Gasteiger partial charge in [0.05, 0.1) is 34.9 Å². The average Bonchev–Trinajstić information content (AvgIpc) is 3.21. The fourth-order valence-electron chi connectivity index (χ4n) is 3.79. The van der Waals surface area contributed by atoms with Crippen molar-refractivity contribution in [2.75, 3.05) is 39.1 Å². The summed E-state index contributed by atoms with van der Waals surface area (Å²) in [5, 5.41) is 0.655. The van der Waals surface area contributed by atoms with Crippen molar-refractivity contribution in [2.24, 2.45) is 0 Å². The van der Waals surface area contributed by atoms with Gasteiger partial charge in [-0.1, -0.05) is 23.9 Å². The molecular formula is C23H27FN4O4S2. The van der Waals surface area contributed by atoms with E-state index in [1.54, 1.807) is 42.3 Å². The SMILES string of the molecule is CCn1c(SCC(=O)N(C)Cc2ccc(F)cc2)nc2cc(S(=O)(=O)N3CCOCC3)ccc21. The summed E-state index contributed by atoms with van der Waals surface area (Å²) in [6.45, 7) is 4.43. The minimum absolute atomic E-state index is 0.0837. The lowest BCUT2D eigenvalue weighted by atomic mass is 10.2. The number of rotatable bonds is 8. The van der Waals surface area contributed by atoms with Crippen LogP contribution in [0, 0.1) is 5.82 Å². The molecule has 0 atom stereocenters. The average molecular weight is 507 g/mol. The summed E-state index contributed by atoms with van der Waals surface area (Å²) in [4.78, 5) is 19.1. The van der Waals surface area contributed by atoms with Gasteiger partial charge in [0.25, 0.3) is 0 Å². The number of aromatic nitrogens is 2. The third-order valence-corrected chi connectivity index (χ3v) is 8.55. The van der Waals surface area contributed by atoms with Gasteiger partial charge in [0.1, 0.15) is 5.82 Å². The predicted octanol–water partition coefficient (Wildman–Crippen LogP) is 2.97. The van der Waals surface area contributed by atoms with E-state index in [4.69, 9.17) is 4.74 Å². The van der Waals surface area contributed by atoms with Crippen LogP contribution >= 0.6 is 11.8 Å². The molecule has 0 radical (unpaired) electrons. The van der Waals surface area contributed by atoms with E-state index in [0.717, 1.165) is 11.1 Å². The first-order chi connectivity index (χ1) is 16.3. The molecule has 1 amide bonds. The molecule has 0 N–H and O–H groups in total. The van der Waals surface area contributed by atoms with Crippen molar-refractivity contribution in [3.63, 3.8) is 0 Å². The van der Waals surface area contributed by atoms with Gasteiger partial charge >= 0.3 is 0 Å². The van der Waals surface area contributed by atoms with Crippen LogP contribution < -0.4 is 0 Å². The third-order valence-electron chi connectivity index (χ3n) is 5.69. The number of amides is 1. The van der Waals surface area contributed by atoms with Crippen molar-refractivity contribution in [3.05, 3.63) is 53.8 Å². The van der Waals surface area contributed by atoms with E-state index in [-0.39, 0.29) is 22.4 Å². The number of hydrogen-bond acceptors (Lipinski definition) is 6. The Morgan fingerprint density at radius 2 is 1.88 bits per heavy atom. The largest absolute Gasteiger partial charge is 0.379 e. The molecule has 0 aliphatic carbocycles. The highest BCUT2D eigenvalue weighted by atomic mass is 32.2. The van der Waals surface area contributed by atoms with Crippen LogP contribution in [0.2, 0.25) is 0 Å². The van der Waals surface area contributed by atoms with Crippen molar-refractivity contribution in [1.29, 1.82) is 0 Å². The number of fused-ring (bicyclic) bond motifs is 1. The summed E-state index contributed by atoms with van der Waals surface area (Å²) >= 11 is 1.31. The summed E-state index contributed by atoms with van der Waals surface area (Å²) in [6.07, 6.45) is 0. The summed E-state index contributed by atoms with van der Waals surface area (Å²) in [5.41, 5.74) is 2.24. The second kappa shape index (κ2) is 10.4. The molecule has 0 saturated carbocycles. The molecule has 1 aliphatic rings. The summed E-state index contributed by atoms with van der Waals surface area (Å²) < 4.78 is 47.8. The highest BCUT2D eigenvalue weighted by Crippen LogP contribution is 2.28. The fraction of sp³-hybridized carbons (Fsp3) is 0.391. The standard InChI is InChI=1S/C23H27FN4O4S2/c1-3-28-21-9-8-19(34(30,31)27-10-12-32-13-11-27)14-20(21)25-23(28)33-16-22(29)26(2)15-17-4-6-18(24)7-5-17/h4-9,14H,3,10-13,15-16H2,1-2H3. The Labute approximate surface area is 202 Å². The van der Waals surface area contributed by atoms with E-state index >= 15 is 0 Å². The smallest absolute Gasteiger partial charge is 0.243 e. The lowest BCUT2D eigenvalue weighted by molar-refractivity contribution is -0.127. The lowest BCUT2D eigenvalue weighted by Gasteiger charge is -2.26. The van der Waals surface area contributed by atoms with E-state index in [9.17, 15) is 17.6 Å². The van der Waals surface area contributed by atoms with Crippen molar-refractivity contribution in [3.8, 4) is 0 Å². The van der Waals surface area contributed by atoms with Crippen LogP contribution in [0.5, 0.6) is 0 Å². The number of morpholine rings is 1. The molecule has 182 valence electrons. The number of aryl methyl sites for hydroxylation is 1. The Morgan fingerprint density at radius 3 is 2.56 bits per heavy atom. The van der Waals surface area contributed by atoms with E-state index in [0.29, 0.717) is 50.1 Å². The van der Waals surface area contributed by atoms with Gasteiger partial charge in [0, 0.05) is 33.2 Å². The van der Waals surface area contributed by atoms with E-state index in [1.165, 1.54) is 28.2 Å². The van der Waals surface area contributed by atoms with Crippen LogP contribution in [0.1, 0.15) is 12.5 Å². The number of hydrogen-bond donors (Lipinski definition) is 0. The molecule has 8 nitrogen and oxygen atoms in total. The Bertz CT molecular complexity index is 1270. The molecule has 2 heterocycles. The van der Waals surface area contributed by atoms with Crippen LogP contribution in [-0.4, -0.2) is 72.2 Å². The molecule has 1 aliphatic heterocycles. The monoisotopic (exact) mass is 506 g/mol. The second-order valence-corrected chi connectivity index (χ2v) is 10.9. The molecule has 1 saturated heterocycles. The molecule has 0 bridgehead atoms. The molecule has 3 aromatic rings. The maximum atomic E-state index is 13.1. The number of halogens is 1. The highest BCUT2D eigenvalue weighted by Gasteiger charge is 2.27. The number of imidazole rings is 1. The number of carbonyl (C=O) groups is 1. The number of thioether (sulfide) groups is 1. The summed E-state index contributed by atoms with van der Waals surface area (Å²) in [5.74, 6) is -0.216. The fourth-order valence-corrected chi connectivity index (χ4v) is 6.24. The zero-order valence-corrected chi connectivity index (χ0v) is 20.7. The van der Waals surface area contributed by atoms with Gasteiger partial charge in [-0.25, -0.2) is 17.8 Å². The third kappa shape index (κ3) is 5.27. The Kier molecular flexibility index (Phi) is 7.56. The first-order valence-electron chi connectivity index (χ1n) is 11.0. The molecule has 4 rings (SSSR count). The van der Waals surface area contributed by atoms with E-state index < -0.39 is 10.0 Å². The quantitative estimate of drug-likeness (QED) is 0.437. The van der Waals surface area contributed by atoms with Gasteiger partial charge in [-0.15, -0.1) is 0 Å². The summed E-state index contributed by atoms with van der Waals surface area (Å²) in [6, 6.07) is 11.0. The minimum atomic E-state index is -3.62. The molecule has 0 unspecified atom stereocenters. The first-order valence-corrected chi connectivity index (χ1v) is 13.4. The van der Waals surface area contributed by atoms with Crippen LogP contribution in [-0.2, 0) is 32.6 Å². The normalized spacial score (nSPS) is 15.0. The molecule has 0 spiro atoms. The van der Waals surface area contributed by atoms with Crippen LogP contribution in [0.15, 0.2) is 52.5 Å². The lowest BCUT2D eigenvalue weighted by Crippen LogP contribution is -2.40. The van der Waals surface area contributed by atoms with Gasteiger partial charge in [0.15, 0.2) is 5.16 Å². The van der Waals surface area contributed by atoms with Gasteiger partial charge < -0.3 is 14.2 Å². The maximum Gasteiger partial charge on any atom is 0.243 e. The first kappa shape index (κ1) is 24.6. The van der Waals surface area contributed by atoms with Crippen molar-refractivity contribution in [1.82, 2.24) is 18.8 Å². The minimum Gasteiger partial charge on any atom is -0.379 e. The molecule has 2 aromatic carbocycles. The second-order valence-electron chi connectivity index (χ2n) is 7.97. The summed E-state index contributed by atoms with van der Waals surface area (Å²) in [7, 11) is -1.91. The number of benzene rings is 2. The highest BCUT2D eigenvalue weighted by molar-refractivity contribution is 7.99. The molecule has 1 fully saturated rings. The van der Waals surface area contributed by atoms with E-state index in [2.05, 4.69) is 4.98 Å². The topological polar surface area (TPSA) is 84.7 Å². The van der Waals surface area contributed by atoms with Crippen molar-refractivity contribution >= 4 is 38.7 Å². The van der Waals surface area contributed by atoms with Gasteiger partial charge in [0.2, 0.25) is 15.9 Å². The molecule has 11 heteroatoms. The zero-order chi connectivity index (χ0) is 24.3. The maximum absolute atomic E-state index is 13.1. The predicted molar refractivity (Wildman–Crippen MR) is 129 cm³/mol. The Balaban J connectivity index is 1.48. The number of carbonyl (C=O) groups excluding carboxylic acids is 1. The van der Waals surface area contributed by atoms with E-state index in [1.807, 2.05) is 11.5 Å². The number of ether oxygens (including phenoxy) is 1. The molecular weight excluding hydrogens is 479 g/mol. The molecule has 1 aromatic heterocycles. The Hall–Kier alpha value is -2.47. The zero-order valence-electron chi connectivity index (χ0n) is 19.1. The van der Waals surface area contributed by atoms with Gasteiger partial charge in [-0.3, -0.25) is 4.79 Å². The Morgan fingerprint density at radius 1 is 1.18 bits per heavy atom.